The molecule has 3 rings (SSSR count). The summed E-state index contributed by atoms with van der Waals surface area (Å²) in [6.45, 7) is 0. The summed E-state index contributed by atoms with van der Waals surface area (Å²) in [6, 6.07) is 8.69. The van der Waals surface area contributed by atoms with Crippen molar-refractivity contribution in [3.8, 4) is 10.7 Å². The Balaban J connectivity index is 2.11. The third-order valence-corrected chi connectivity index (χ3v) is 4.09. The molecule has 0 spiro atoms. The predicted octanol–water partition coefficient (Wildman–Crippen LogP) is 3.82. The van der Waals surface area contributed by atoms with Crippen molar-refractivity contribution in [1.82, 2.24) is 9.97 Å². The number of benzene rings is 1. The van der Waals surface area contributed by atoms with Crippen LogP contribution in [0.25, 0.3) is 20.9 Å². The van der Waals surface area contributed by atoms with E-state index in [1.165, 1.54) is 11.3 Å². The lowest BCUT2D eigenvalue weighted by Gasteiger charge is -1.93. The summed E-state index contributed by atoms with van der Waals surface area (Å²) in [5.74, 6) is -0.932. The first-order valence-electron chi connectivity index (χ1n) is 5.39. The molecule has 0 saturated carbocycles. The van der Waals surface area contributed by atoms with Crippen LogP contribution in [-0.4, -0.2) is 21.0 Å². The fourth-order valence-electron chi connectivity index (χ4n) is 1.67. The van der Waals surface area contributed by atoms with E-state index >= 15 is 0 Å². The Hall–Kier alpha value is -1.79. The van der Waals surface area contributed by atoms with Gasteiger partial charge >= 0.3 is 5.97 Å². The van der Waals surface area contributed by atoms with Crippen molar-refractivity contribution in [1.29, 1.82) is 0 Å². The van der Waals surface area contributed by atoms with Gasteiger partial charge in [0.05, 0.1) is 21.5 Å². The van der Waals surface area contributed by atoms with E-state index in [4.69, 9.17) is 5.11 Å². The summed E-state index contributed by atoms with van der Waals surface area (Å²) in [4.78, 5) is 19.7. The van der Waals surface area contributed by atoms with Crippen LogP contribution in [0, 0.1) is 0 Å². The summed E-state index contributed by atoms with van der Waals surface area (Å²) in [6.07, 6.45) is 1.71. The molecule has 0 bridgehead atoms. The zero-order valence-electron chi connectivity index (χ0n) is 9.50. The molecule has 1 N–H and O–H groups in total. The first kappa shape index (κ1) is 12.3. The minimum Gasteiger partial charge on any atom is -0.478 e. The number of carboxylic acid groups (broad SMARTS) is 1. The van der Waals surface area contributed by atoms with Gasteiger partial charge in [-0.25, -0.2) is 9.78 Å². The summed E-state index contributed by atoms with van der Waals surface area (Å²) >= 11 is 4.77. The first-order valence-corrected chi connectivity index (χ1v) is 7.00. The van der Waals surface area contributed by atoms with Crippen LogP contribution in [0.1, 0.15) is 10.4 Å². The van der Waals surface area contributed by atoms with Gasteiger partial charge in [-0.3, -0.25) is 4.98 Å². The summed E-state index contributed by atoms with van der Waals surface area (Å²) < 4.78 is 1.75. The molecule has 0 aliphatic carbocycles. The maximum Gasteiger partial charge on any atom is 0.335 e. The number of halogens is 1. The zero-order valence-corrected chi connectivity index (χ0v) is 11.9. The molecule has 2 heterocycles. The predicted molar refractivity (Wildman–Crippen MR) is 77.5 cm³/mol. The number of aromatic carboxylic acids is 1. The lowest BCUT2D eigenvalue weighted by molar-refractivity contribution is 0.0697. The molecule has 4 nitrogen and oxygen atoms in total. The number of aromatic nitrogens is 2. The Kier molecular flexibility index (Phi) is 3.04. The van der Waals surface area contributed by atoms with Gasteiger partial charge in [-0.05, 0) is 46.3 Å². The third kappa shape index (κ3) is 2.36. The van der Waals surface area contributed by atoms with E-state index in [1.807, 2.05) is 12.1 Å². The van der Waals surface area contributed by atoms with Crippen LogP contribution < -0.4 is 0 Å². The number of thiazole rings is 1. The van der Waals surface area contributed by atoms with Crippen molar-refractivity contribution in [2.45, 2.75) is 0 Å². The topological polar surface area (TPSA) is 63.1 Å². The zero-order chi connectivity index (χ0) is 13.4. The first-order chi connectivity index (χ1) is 9.13. The molecular formula is C13H7BrN2O2S. The monoisotopic (exact) mass is 334 g/mol. The molecule has 1 aromatic carbocycles. The van der Waals surface area contributed by atoms with Gasteiger partial charge in [0.1, 0.15) is 5.01 Å². The highest BCUT2D eigenvalue weighted by atomic mass is 79.9. The van der Waals surface area contributed by atoms with Crippen LogP contribution in [0.3, 0.4) is 0 Å². The summed E-state index contributed by atoms with van der Waals surface area (Å²) in [5.41, 5.74) is 1.84. The smallest absolute Gasteiger partial charge is 0.335 e. The van der Waals surface area contributed by atoms with Crippen LogP contribution in [0.5, 0.6) is 0 Å². The van der Waals surface area contributed by atoms with Gasteiger partial charge in [-0.1, -0.05) is 0 Å². The maximum absolute atomic E-state index is 10.9. The van der Waals surface area contributed by atoms with Crippen LogP contribution in [0.4, 0.5) is 0 Å². The third-order valence-electron chi connectivity index (χ3n) is 2.58. The molecule has 0 unspecified atom stereocenters. The van der Waals surface area contributed by atoms with E-state index in [-0.39, 0.29) is 5.56 Å². The van der Waals surface area contributed by atoms with Crippen LogP contribution >= 0.6 is 27.3 Å². The molecule has 0 radical (unpaired) electrons. The minimum atomic E-state index is -0.932. The molecule has 3 aromatic rings. The number of pyridine rings is 1. The lowest BCUT2D eigenvalue weighted by atomic mass is 10.2. The summed E-state index contributed by atoms with van der Waals surface area (Å²) in [5, 5.41) is 9.75. The van der Waals surface area contributed by atoms with Gasteiger partial charge < -0.3 is 5.11 Å². The van der Waals surface area contributed by atoms with E-state index < -0.39 is 5.97 Å². The molecule has 94 valence electrons. The number of carbonyl (C=O) groups is 1. The van der Waals surface area contributed by atoms with E-state index in [1.54, 1.807) is 24.4 Å². The second-order valence-corrected chi connectivity index (χ2v) is 5.81. The second kappa shape index (κ2) is 4.71. The molecule has 0 atom stereocenters. The van der Waals surface area contributed by atoms with Crippen LogP contribution in [0.2, 0.25) is 0 Å². The standard InChI is InChI=1S/C13H7BrN2O2S/c14-8-2-4-10(15-6-8)12-16-9-3-1-7(13(17)18)5-11(9)19-12/h1-6H,(H,17,18). The van der Waals surface area contributed by atoms with Crippen molar-refractivity contribution in [3.63, 3.8) is 0 Å². The van der Waals surface area contributed by atoms with Crippen molar-refractivity contribution in [2.24, 2.45) is 0 Å². The Bertz CT molecular complexity index is 768. The van der Waals surface area contributed by atoms with E-state index in [0.29, 0.717) is 0 Å². The quantitative estimate of drug-likeness (QED) is 0.773. The number of hydrogen-bond donors (Lipinski definition) is 1. The van der Waals surface area contributed by atoms with Gasteiger partial charge in [0.25, 0.3) is 0 Å². The largest absolute Gasteiger partial charge is 0.478 e. The van der Waals surface area contributed by atoms with E-state index in [0.717, 1.165) is 25.4 Å². The molecular weight excluding hydrogens is 328 g/mol. The molecule has 0 fully saturated rings. The van der Waals surface area contributed by atoms with Crippen LogP contribution in [-0.2, 0) is 0 Å². The van der Waals surface area contributed by atoms with E-state index in [2.05, 4.69) is 25.9 Å². The van der Waals surface area contributed by atoms with Gasteiger partial charge in [-0.2, -0.15) is 0 Å². The van der Waals surface area contributed by atoms with Crippen LogP contribution in [0.15, 0.2) is 41.0 Å². The molecule has 19 heavy (non-hydrogen) atoms. The Morgan fingerprint density at radius 3 is 2.79 bits per heavy atom. The van der Waals surface area contributed by atoms with Crippen molar-refractivity contribution in [3.05, 3.63) is 46.6 Å². The maximum atomic E-state index is 10.9. The SMILES string of the molecule is O=C(O)c1ccc2nc(-c3ccc(Br)cn3)sc2c1. The molecule has 0 aliphatic heterocycles. The fraction of sp³-hybridized carbons (Fsp3) is 0. The Labute approximate surface area is 120 Å². The van der Waals surface area contributed by atoms with Crippen molar-refractivity contribution < 1.29 is 9.90 Å². The lowest BCUT2D eigenvalue weighted by Crippen LogP contribution is -1.94. The Morgan fingerprint density at radius 2 is 2.11 bits per heavy atom. The van der Waals surface area contributed by atoms with Gasteiger partial charge in [0.15, 0.2) is 0 Å². The number of hydrogen-bond acceptors (Lipinski definition) is 4. The van der Waals surface area contributed by atoms with Gasteiger partial charge in [0, 0.05) is 10.7 Å². The second-order valence-electron chi connectivity index (χ2n) is 3.87. The summed E-state index contributed by atoms with van der Waals surface area (Å²) in [7, 11) is 0. The highest BCUT2D eigenvalue weighted by Crippen LogP contribution is 2.30. The average Bonchev–Trinajstić information content (AvgIpc) is 2.82. The normalized spacial score (nSPS) is 10.8. The highest BCUT2D eigenvalue weighted by molar-refractivity contribution is 9.10. The molecule has 0 amide bonds. The number of carboxylic acids is 1. The number of rotatable bonds is 2. The minimum absolute atomic E-state index is 0.270. The molecule has 0 saturated heterocycles. The average molecular weight is 335 g/mol. The van der Waals surface area contributed by atoms with Crippen molar-refractivity contribution >= 4 is 43.5 Å². The van der Waals surface area contributed by atoms with Crippen molar-refractivity contribution in [2.75, 3.05) is 0 Å². The van der Waals surface area contributed by atoms with Gasteiger partial charge in [-0.15, -0.1) is 11.3 Å². The van der Waals surface area contributed by atoms with E-state index in [9.17, 15) is 4.79 Å². The fourth-order valence-corrected chi connectivity index (χ4v) is 2.89. The number of nitrogens with zero attached hydrogens (tertiary/aromatic N) is 2. The molecule has 6 heteroatoms. The Morgan fingerprint density at radius 1 is 1.26 bits per heavy atom. The van der Waals surface area contributed by atoms with Gasteiger partial charge in [0.2, 0.25) is 0 Å². The molecule has 0 aliphatic rings. The number of fused-ring (bicyclic) bond motifs is 1. The molecule has 2 aromatic heterocycles. The highest BCUT2D eigenvalue weighted by Gasteiger charge is 2.10.